The second-order valence-corrected chi connectivity index (χ2v) is 26.5. The van der Waals surface area contributed by atoms with Crippen molar-refractivity contribution in [3.63, 3.8) is 0 Å². The Labute approximate surface area is 498 Å². The fourth-order valence-electron chi connectivity index (χ4n) is 16.8. The summed E-state index contributed by atoms with van der Waals surface area (Å²) in [6.07, 6.45) is 13.7. The monoisotopic (exact) mass is 1110 g/mol. The summed E-state index contributed by atoms with van der Waals surface area (Å²) < 4.78 is 0. The lowest BCUT2D eigenvalue weighted by molar-refractivity contribution is 0.531. The van der Waals surface area contributed by atoms with Gasteiger partial charge in [-0.25, -0.2) is 0 Å². The molecule has 0 bridgehead atoms. The van der Waals surface area contributed by atoms with Crippen LogP contribution >= 0.6 is 23.5 Å². The SMILES string of the molecule is C1=CC2CC3(CC2C=C1)c1ccccc1-c1ccc(-c2c4ccc(N5c6ccccc6Sc6ccccc65)cc4c(-c4ccc5c(c4)C4(Cc6ccccc6C4)c4ccccc4-5)c4ccc(N5c6ccccc6Sc6ccccc65)cc24)cc13. The van der Waals surface area contributed by atoms with E-state index in [1.54, 1.807) is 0 Å². The van der Waals surface area contributed by atoms with E-state index >= 15 is 0 Å². The zero-order valence-corrected chi connectivity index (χ0v) is 47.7. The third kappa shape index (κ3) is 6.61. The van der Waals surface area contributed by atoms with Gasteiger partial charge in [-0.2, -0.15) is 0 Å². The standard InChI is InChI=1S/C80H54N2S2/c1-2-18-52-46-79(45-51(52)17-1)65-23-7-5-21-57(65)59-37-33-49(41-67(59)79)77-61-39-35-56(82-71-27-11-15-31-75(71)84-76-32-16-12-28-72(76)82)44-64(61)78(62-40-36-55(43-63(62)77)81-69-25-9-13-29-73(69)83-74-30-14-10-26-70(74)81)50-34-38-60-58-22-6-8-24-66(58)80(68(60)42-50)47-53-19-3-4-20-54(53)48-80/h1-44,51-52H,45-48H2. The molecule has 2 nitrogen and oxygen atoms in total. The average Bonchev–Trinajstić information content (AvgIpc) is 1.89. The Morgan fingerprint density at radius 3 is 1.17 bits per heavy atom. The largest absolute Gasteiger partial charge is 0.308 e. The van der Waals surface area contributed by atoms with Crippen molar-refractivity contribution in [1.29, 1.82) is 0 Å². The molecule has 2 heterocycles. The van der Waals surface area contributed by atoms with E-state index in [0.717, 1.165) is 37.1 Å². The van der Waals surface area contributed by atoms with Gasteiger partial charge in [0.05, 0.1) is 22.7 Å². The Kier molecular flexibility index (Phi) is 10.0. The number of anilines is 6. The van der Waals surface area contributed by atoms with Gasteiger partial charge in [0, 0.05) is 41.8 Å². The Balaban J connectivity index is 0.919. The molecule has 2 unspecified atom stereocenters. The summed E-state index contributed by atoms with van der Waals surface area (Å²) in [5.74, 6) is 1.02. The minimum atomic E-state index is -0.164. The first-order valence-corrected chi connectivity index (χ1v) is 31.5. The maximum absolute atomic E-state index is 2.65. The Hall–Kier alpha value is -9.06. The van der Waals surface area contributed by atoms with Crippen LogP contribution in [0.15, 0.2) is 287 Å². The van der Waals surface area contributed by atoms with E-state index in [9.17, 15) is 0 Å². The van der Waals surface area contributed by atoms with E-state index in [4.69, 9.17) is 0 Å². The first-order valence-electron chi connectivity index (χ1n) is 29.8. The molecular weight excluding hydrogens is 1050 g/mol. The van der Waals surface area contributed by atoms with Gasteiger partial charge in [-0.05, 0) is 222 Å². The first kappa shape index (κ1) is 47.4. The number of hydrogen-bond donors (Lipinski definition) is 0. The molecule has 1 fully saturated rings. The van der Waals surface area contributed by atoms with Crippen LogP contribution in [0.5, 0.6) is 0 Å². The smallest absolute Gasteiger partial charge is 0.0601 e. The van der Waals surface area contributed by atoms with Crippen LogP contribution in [0.3, 0.4) is 0 Å². The molecule has 0 amide bonds. The quantitative estimate of drug-likeness (QED) is 0.162. The third-order valence-electron chi connectivity index (χ3n) is 20.2. The summed E-state index contributed by atoms with van der Waals surface area (Å²) >= 11 is 3.73. The van der Waals surface area contributed by atoms with Crippen LogP contribution in [0.4, 0.5) is 34.1 Å². The molecular formula is C80H54N2S2. The molecule has 2 spiro atoms. The van der Waals surface area contributed by atoms with E-state index in [1.807, 2.05) is 23.5 Å². The lowest BCUT2D eigenvalue weighted by Crippen LogP contribution is -2.25. The Morgan fingerprint density at radius 1 is 0.321 bits per heavy atom. The number of nitrogens with zero attached hydrogens (tertiary/aromatic N) is 2. The fraction of sp³-hybridized carbons (Fsp3) is 0.100. The highest BCUT2D eigenvalue weighted by molar-refractivity contribution is 8.00. The van der Waals surface area contributed by atoms with E-state index in [1.165, 1.54) is 142 Å². The van der Waals surface area contributed by atoms with Crippen molar-refractivity contribution < 1.29 is 0 Å². The van der Waals surface area contributed by atoms with Gasteiger partial charge >= 0.3 is 0 Å². The van der Waals surface area contributed by atoms with Crippen LogP contribution in [0.2, 0.25) is 0 Å². The summed E-state index contributed by atoms with van der Waals surface area (Å²) in [5, 5.41) is 5.01. The minimum Gasteiger partial charge on any atom is -0.308 e. The molecule has 0 N–H and O–H groups in total. The van der Waals surface area contributed by atoms with Gasteiger partial charge in [-0.1, -0.05) is 206 Å². The van der Waals surface area contributed by atoms with Crippen molar-refractivity contribution >= 4 is 79.2 Å². The molecule has 5 aliphatic carbocycles. The summed E-state index contributed by atoms with van der Waals surface area (Å²) in [6.45, 7) is 0. The molecule has 2 atom stereocenters. The summed E-state index contributed by atoms with van der Waals surface area (Å²) in [6, 6.07) is 93.7. The van der Waals surface area contributed by atoms with Crippen LogP contribution in [0.1, 0.15) is 46.2 Å². The minimum absolute atomic E-state index is 0.0933. The number of fused-ring (bicyclic) bond motifs is 18. The number of benzene rings is 12. The molecule has 7 aliphatic rings. The molecule has 2 aliphatic heterocycles. The van der Waals surface area contributed by atoms with Crippen molar-refractivity contribution in [2.24, 2.45) is 11.8 Å². The van der Waals surface area contributed by atoms with Gasteiger partial charge < -0.3 is 9.80 Å². The lowest BCUT2D eigenvalue weighted by Gasteiger charge is -2.34. The average molecular weight is 1110 g/mol. The first-order chi connectivity index (χ1) is 41.6. The van der Waals surface area contributed by atoms with Crippen molar-refractivity contribution in [3.05, 3.63) is 300 Å². The van der Waals surface area contributed by atoms with Crippen molar-refractivity contribution in [3.8, 4) is 44.5 Å². The zero-order chi connectivity index (χ0) is 54.8. The normalized spacial score (nSPS) is 19.1. The maximum atomic E-state index is 2.65. The molecule has 0 saturated heterocycles. The maximum Gasteiger partial charge on any atom is 0.0601 e. The molecule has 1 saturated carbocycles. The van der Waals surface area contributed by atoms with Gasteiger partial charge in [0.15, 0.2) is 0 Å². The van der Waals surface area contributed by atoms with Gasteiger partial charge in [0.25, 0.3) is 0 Å². The molecule has 0 aromatic heterocycles. The molecule has 12 aromatic rings. The van der Waals surface area contributed by atoms with Crippen LogP contribution < -0.4 is 9.80 Å². The van der Waals surface area contributed by atoms with Crippen molar-refractivity contribution in [2.45, 2.75) is 56.1 Å². The van der Waals surface area contributed by atoms with E-state index in [2.05, 4.69) is 277 Å². The van der Waals surface area contributed by atoms with Gasteiger partial charge in [0.1, 0.15) is 0 Å². The Bertz CT molecular complexity index is 4790. The predicted molar refractivity (Wildman–Crippen MR) is 351 cm³/mol. The van der Waals surface area contributed by atoms with E-state index < -0.39 is 0 Å². The van der Waals surface area contributed by atoms with Crippen LogP contribution in [-0.2, 0) is 23.7 Å². The van der Waals surface area contributed by atoms with E-state index in [-0.39, 0.29) is 10.8 Å². The predicted octanol–water partition coefficient (Wildman–Crippen LogP) is 21.7. The van der Waals surface area contributed by atoms with Crippen LogP contribution in [0, 0.1) is 11.8 Å². The van der Waals surface area contributed by atoms with Gasteiger partial charge in [0.2, 0.25) is 0 Å². The zero-order valence-electron chi connectivity index (χ0n) is 46.1. The summed E-state index contributed by atoms with van der Waals surface area (Å²) in [4.78, 5) is 10.1. The molecule has 4 heteroatoms. The van der Waals surface area contributed by atoms with Crippen LogP contribution in [0.25, 0.3) is 66.1 Å². The third-order valence-corrected chi connectivity index (χ3v) is 22.5. The number of rotatable bonds is 4. The highest BCUT2D eigenvalue weighted by atomic mass is 32.2. The highest BCUT2D eigenvalue weighted by Crippen LogP contribution is 2.63. The van der Waals surface area contributed by atoms with Gasteiger partial charge in [-0.15, -0.1) is 0 Å². The number of allylic oxidation sites excluding steroid dienone is 4. The summed E-state index contributed by atoms with van der Waals surface area (Å²) in [5.41, 5.74) is 26.2. The lowest BCUT2D eigenvalue weighted by atomic mass is 9.74. The topological polar surface area (TPSA) is 6.48 Å². The second-order valence-electron chi connectivity index (χ2n) is 24.4. The number of hydrogen-bond acceptors (Lipinski definition) is 4. The van der Waals surface area contributed by atoms with Gasteiger partial charge in [-0.3, -0.25) is 0 Å². The second kappa shape index (κ2) is 17.7. The number of para-hydroxylation sites is 4. The van der Waals surface area contributed by atoms with Crippen molar-refractivity contribution in [2.75, 3.05) is 9.80 Å². The van der Waals surface area contributed by atoms with Crippen molar-refractivity contribution in [1.82, 2.24) is 0 Å². The van der Waals surface area contributed by atoms with E-state index in [0.29, 0.717) is 11.8 Å². The molecule has 396 valence electrons. The molecule has 0 radical (unpaired) electrons. The van der Waals surface area contributed by atoms with Crippen LogP contribution in [-0.4, -0.2) is 0 Å². The molecule has 84 heavy (non-hydrogen) atoms. The molecule has 19 rings (SSSR count). The highest BCUT2D eigenvalue weighted by Gasteiger charge is 2.52. The summed E-state index contributed by atoms with van der Waals surface area (Å²) in [7, 11) is 0. The Morgan fingerprint density at radius 2 is 0.702 bits per heavy atom. The fourth-order valence-corrected chi connectivity index (χ4v) is 18.9. The molecule has 12 aromatic carbocycles.